The molecule has 0 amide bonds. The number of rotatable bonds is 5. The SMILES string of the molecule is CC1(C)C(c2ccc(N(c3ccccc3)c3ccccc3)cc2)=N/C(=N/[Si](C)(C)C)C1(C)C. The van der Waals surface area contributed by atoms with Crippen LogP contribution >= 0.6 is 0 Å². The Labute approximate surface area is 200 Å². The lowest BCUT2D eigenvalue weighted by Gasteiger charge is -2.36. The molecule has 4 heteroatoms. The Morgan fingerprint density at radius 2 is 1.09 bits per heavy atom. The highest BCUT2D eigenvalue weighted by Crippen LogP contribution is 2.48. The second-order valence-electron chi connectivity index (χ2n) is 10.9. The second-order valence-corrected chi connectivity index (χ2v) is 15.4. The first-order valence-electron chi connectivity index (χ1n) is 11.7. The number of nitrogens with zero attached hydrogens (tertiary/aromatic N) is 3. The van der Waals surface area contributed by atoms with E-state index in [-0.39, 0.29) is 10.8 Å². The smallest absolute Gasteiger partial charge is 0.174 e. The molecular weight excluding hydrogens is 418 g/mol. The monoisotopic (exact) mass is 453 g/mol. The van der Waals surface area contributed by atoms with Crippen molar-refractivity contribution in [3.63, 3.8) is 0 Å². The van der Waals surface area contributed by atoms with Crippen molar-refractivity contribution in [2.24, 2.45) is 20.5 Å². The van der Waals surface area contributed by atoms with E-state index in [1.54, 1.807) is 0 Å². The Balaban J connectivity index is 1.76. The Morgan fingerprint density at radius 3 is 1.55 bits per heavy atom. The summed E-state index contributed by atoms with van der Waals surface area (Å²) in [5.74, 6) is 1.00. The zero-order chi connectivity index (χ0) is 23.9. The first-order valence-corrected chi connectivity index (χ1v) is 15.2. The van der Waals surface area contributed by atoms with Gasteiger partial charge in [0.15, 0.2) is 8.24 Å². The van der Waals surface area contributed by atoms with Crippen LogP contribution in [0.5, 0.6) is 0 Å². The van der Waals surface area contributed by atoms with Crippen molar-refractivity contribution in [1.29, 1.82) is 0 Å². The molecule has 0 atom stereocenters. The van der Waals surface area contributed by atoms with E-state index in [0.717, 1.165) is 28.6 Å². The molecule has 0 saturated carbocycles. The van der Waals surface area contributed by atoms with Crippen LogP contribution in [0.25, 0.3) is 0 Å². The van der Waals surface area contributed by atoms with Crippen molar-refractivity contribution in [1.82, 2.24) is 0 Å². The van der Waals surface area contributed by atoms with Gasteiger partial charge in [0.25, 0.3) is 0 Å². The summed E-state index contributed by atoms with van der Waals surface area (Å²) >= 11 is 0. The van der Waals surface area contributed by atoms with E-state index in [1.807, 2.05) is 0 Å². The molecule has 4 rings (SSSR count). The van der Waals surface area contributed by atoms with Crippen LogP contribution in [0, 0.1) is 10.8 Å². The fourth-order valence-electron chi connectivity index (χ4n) is 4.24. The number of hydrogen-bond donors (Lipinski definition) is 0. The lowest BCUT2D eigenvalue weighted by Crippen LogP contribution is -2.39. The van der Waals surface area contributed by atoms with E-state index in [4.69, 9.17) is 9.65 Å². The van der Waals surface area contributed by atoms with E-state index < -0.39 is 8.24 Å². The third-order valence-electron chi connectivity index (χ3n) is 6.80. The van der Waals surface area contributed by atoms with Crippen LogP contribution in [0.1, 0.15) is 33.3 Å². The highest BCUT2D eigenvalue weighted by molar-refractivity contribution is 6.75. The van der Waals surface area contributed by atoms with Gasteiger partial charge in [-0.1, -0.05) is 76.2 Å². The number of anilines is 3. The standard InChI is InChI=1S/C29H35N3Si/c1-28(2)26(30-27(29(28,3)4)31-33(5,6)7)22-18-20-25(21-19-22)32(23-14-10-8-11-15-23)24-16-12-9-13-17-24/h8-21H,1-7H3/b31-27+. The van der Waals surface area contributed by atoms with E-state index in [1.165, 1.54) is 5.56 Å². The Morgan fingerprint density at radius 1 is 0.636 bits per heavy atom. The quantitative estimate of drug-likeness (QED) is 0.357. The first kappa shape index (κ1) is 23.2. The molecule has 1 heterocycles. The number of hydrogen-bond acceptors (Lipinski definition) is 2. The largest absolute Gasteiger partial charge is 0.311 e. The Hall–Kier alpha value is -2.98. The van der Waals surface area contributed by atoms with Crippen LogP contribution in [0.15, 0.2) is 94.6 Å². The second kappa shape index (κ2) is 8.42. The summed E-state index contributed by atoms with van der Waals surface area (Å²) in [7, 11) is -1.63. The van der Waals surface area contributed by atoms with Gasteiger partial charge in [-0.2, -0.15) is 0 Å². The predicted molar refractivity (Wildman–Crippen MR) is 146 cm³/mol. The summed E-state index contributed by atoms with van der Waals surface area (Å²) in [6, 6.07) is 29.8. The number of benzene rings is 3. The van der Waals surface area contributed by atoms with E-state index in [0.29, 0.717) is 0 Å². The summed E-state index contributed by atoms with van der Waals surface area (Å²) < 4.78 is 5.12. The molecule has 0 aromatic heterocycles. The highest BCUT2D eigenvalue weighted by atomic mass is 28.3. The fraction of sp³-hybridized carbons (Fsp3) is 0.310. The minimum absolute atomic E-state index is 0.106. The molecule has 1 aliphatic rings. The molecule has 3 nitrogen and oxygen atoms in total. The maximum Gasteiger partial charge on any atom is 0.174 e. The molecule has 0 bridgehead atoms. The van der Waals surface area contributed by atoms with E-state index >= 15 is 0 Å². The van der Waals surface area contributed by atoms with Gasteiger partial charge in [-0.15, -0.1) is 0 Å². The summed E-state index contributed by atoms with van der Waals surface area (Å²) in [5.41, 5.74) is 5.48. The Kier molecular flexibility index (Phi) is 5.91. The first-order chi connectivity index (χ1) is 15.5. The molecule has 0 fully saturated rings. The summed E-state index contributed by atoms with van der Waals surface area (Å²) in [4.78, 5) is 7.41. The van der Waals surface area contributed by atoms with Gasteiger partial charge in [0, 0.05) is 27.9 Å². The third-order valence-corrected chi connectivity index (χ3v) is 7.68. The maximum absolute atomic E-state index is 5.13. The third kappa shape index (κ3) is 4.45. The van der Waals surface area contributed by atoms with Crippen LogP contribution in [-0.4, -0.2) is 19.8 Å². The van der Waals surface area contributed by atoms with Crippen LogP contribution in [0.4, 0.5) is 17.1 Å². The average Bonchev–Trinajstić information content (AvgIpc) is 2.94. The molecule has 3 aromatic carbocycles. The summed E-state index contributed by atoms with van der Waals surface area (Å²) in [6.45, 7) is 16.0. The van der Waals surface area contributed by atoms with Gasteiger partial charge in [0.05, 0.1) is 5.71 Å². The van der Waals surface area contributed by atoms with Crippen molar-refractivity contribution in [2.45, 2.75) is 47.3 Å². The molecule has 33 heavy (non-hydrogen) atoms. The molecule has 3 aromatic rings. The average molecular weight is 454 g/mol. The molecule has 0 unspecified atom stereocenters. The van der Waals surface area contributed by atoms with Crippen molar-refractivity contribution < 1.29 is 0 Å². The van der Waals surface area contributed by atoms with Crippen molar-refractivity contribution in [3.8, 4) is 0 Å². The van der Waals surface area contributed by atoms with Crippen LogP contribution in [-0.2, 0) is 0 Å². The van der Waals surface area contributed by atoms with E-state index in [9.17, 15) is 0 Å². The lowest BCUT2D eigenvalue weighted by atomic mass is 9.66. The van der Waals surface area contributed by atoms with Gasteiger partial charge in [-0.25, -0.2) is 4.99 Å². The molecule has 0 N–H and O–H groups in total. The van der Waals surface area contributed by atoms with Crippen LogP contribution in [0.2, 0.25) is 19.6 Å². The van der Waals surface area contributed by atoms with Gasteiger partial charge in [0.2, 0.25) is 0 Å². The molecule has 1 aliphatic heterocycles. The van der Waals surface area contributed by atoms with E-state index in [2.05, 4.69) is 137 Å². The molecule has 0 radical (unpaired) electrons. The zero-order valence-electron chi connectivity index (χ0n) is 20.9. The minimum atomic E-state index is -1.63. The normalized spacial score (nSPS) is 18.3. The fourth-order valence-corrected chi connectivity index (χ4v) is 5.20. The van der Waals surface area contributed by atoms with Crippen molar-refractivity contribution in [3.05, 3.63) is 90.5 Å². The lowest BCUT2D eigenvalue weighted by molar-refractivity contribution is 0.299. The predicted octanol–water partition coefficient (Wildman–Crippen LogP) is 8.24. The summed E-state index contributed by atoms with van der Waals surface area (Å²) in [5, 5.41) is 0. The minimum Gasteiger partial charge on any atom is -0.311 e. The molecule has 0 saturated heterocycles. The van der Waals surface area contributed by atoms with Crippen LogP contribution in [0.3, 0.4) is 0 Å². The topological polar surface area (TPSA) is 28.0 Å². The number of amidine groups is 1. The van der Waals surface area contributed by atoms with Crippen molar-refractivity contribution >= 4 is 36.8 Å². The zero-order valence-corrected chi connectivity index (χ0v) is 21.9. The summed E-state index contributed by atoms with van der Waals surface area (Å²) in [6.07, 6.45) is 0. The maximum atomic E-state index is 5.13. The van der Waals surface area contributed by atoms with Gasteiger partial charge >= 0.3 is 0 Å². The Bertz CT molecular complexity index is 1130. The molecule has 0 aliphatic carbocycles. The number of para-hydroxylation sites is 2. The highest BCUT2D eigenvalue weighted by Gasteiger charge is 2.50. The van der Waals surface area contributed by atoms with Gasteiger partial charge in [-0.05, 0) is 61.6 Å². The van der Waals surface area contributed by atoms with Gasteiger partial charge in [0.1, 0.15) is 5.84 Å². The molecular formula is C29H35N3Si. The van der Waals surface area contributed by atoms with Gasteiger partial charge in [-0.3, -0.25) is 0 Å². The van der Waals surface area contributed by atoms with Crippen LogP contribution < -0.4 is 4.90 Å². The molecule has 0 spiro atoms. The van der Waals surface area contributed by atoms with Gasteiger partial charge < -0.3 is 9.56 Å². The van der Waals surface area contributed by atoms with Crippen molar-refractivity contribution in [2.75, 3.05) is 4.90 Å². The molecule has 170 valence electrons. The number of aliphatic imine (C=N–C) groups is 1.